The average Bonchev–Trinajstić information content (AvgIpc) is 3.45. The van der Waals surface area contributed by atoms with E-state index in [1.807, 2.05) is 11.8 Å². The molecule has 0 amide bonds. The van der Waals surface area contributed by atoms with Gasteiger partial charge in [0.05, 0.1) is 6.04 Å². The van der Waals surface area contributed by atoms with Crippen molar-refractivity contribution in [3.63, 3.8) is 0 Å². The molecule has 0 aromatic heterocycles. The zero-order chi connectivity index (χ0) is 24.3. The largest absolute Gasteiger partial charge is 0.381 e. The third-order valence-electron chi connectivity index (χ3n) is 6.64. The number of hydrogen-bond donors (Lipinski definition) is 1. The maximum absolute atomic E-state index is 15.4. The summed E-state index contributed by atoms with van der Waals surface area (Å²) in [5.74, 6) is -2.16. The summed E-state index contributed by atoms with van der Waals surface area (Å²) in [4.78, 5) is 1.87. The Kier molecular flexibility index (Phi) is 7.76. The normalized spacial score (nSPS) is 22.1. The van der Waals surface area contributed by atoms with Gasteiger partial charge in [-0.1, -0.05) is 25.3 Å². The van der Waals surface area contributed by atoms with E-state index in [9.17, 15) is 13.2 Å². The lowest BCUT2D eigenvalue weighted by Crippen LogP contribution is -2.42. The maximum atomic E-state index is 15.4. The quantitative estimate of drug-likeness (QED) is 0.325. The predicted molar refractivity (Wildman–Crippen MR) is 127 cm³/mol. The highest BCUT2D eigenvalue weighted by Crippen LogP contribution is 2.55. The molecule has 34 heavy (non-hydrogen) atoms. The van der Waals surface area contributed by atoms with Crippen LogP contribution in [0.25, 0.3) is 11.1 Å². The standard InChI is InChI=1S/C23H22F4N2S.C3H6O/c1-3-29-13-23(5-6-23)22(28-30-4-2)20(29)10-15-9-18(26)12-19(21(15)27)14-7-16(24)11-17(25)8-14;1-2-4-3-1/h1,7-9,11-12,20,22,28H,4-6,10,13H2,2H3;1-3H2. The molecule has 2 unspecified atom stereocenters. The van der Waals surface area contributed by atoms with Gasteiger partial charge in [0.25, 0.3) is 0 Å². The highest BCUT2D eigenvalue weighted by molar-refractivity contribution is 7.97. The third kappa shape index (κ3) is 5.37. The highest BCUT2D eigenvalue weighted by atomic mass is 32.2. The smallest absolute Gasteiger partial charge is 0.134 e. The van der Waals surface area contributed by atoms with E-state index in [1.54, 1.807) is 11.9 Å². The number of hydrogen-bond acceptors (Lipinski definition) is 4. The molecule has 5 rings (SSSR count). The second-order valence-electron chi connectivity index (χ2n) is 8.97. The summed E-state index contributed by atoms with van der Waals surface area (Å²) in [5.41, 5.74) is 0.00588. The Morgan fingerprint density at radius 3 is 2.24 bits per heavy atom. The Labute approximate surface area is 202 Å². The van der Waals surface area contributed by atoms with Gasteiger partial charge < -0.3 is 9.64 Å². The van der Waals surface area contributed by atoms with E-state index in [2.05, 4.69) is 10.8 Å². The molecule has 2 atom stereocenters. The summed E-state index contributed by atoms with van der Waals surface area (Å²) in [6.07, 6.45) is 9.29. The molecule has 1 N–H and O–H groups in total. The van der Waals surface area contributed by atoms with Crippen LogP contribution in [-0.4, -0.2) is 42.5 Å². The minimum absolute atomic E-state index is 0.0409. The summed E-state index contributed by atoms with van der Waals surface area (Å²) in [5, 5.41) is 0. The van der Waals surface area contributed by atoms with Gasteiger partial charge in [-0.2, -0.15) is 0 Å². The van der Waals surface area contributed by atoms with E-state index >= 15 is 4.39 Å². The van der Waals surface area contributed by atoms with Crippen molar-refractivity contribution in [1.29, 1.82) is 0 Å². The first kappa shape index (κ1) is 24.9. The second kappa shape index (κ2) is 10.6. The van der Waals surface area contributed by atoms with E-state index in [1.165, 1.54) is 6.42 Å². The Morgan fingerprint density at radius 1 is 1.09 bits per heavy atom. The van der Waals surface area contributed by atoms with E-state index < -0.39 is 23.3 Å². The van der Waals surface area contributed by atoms with Gasteiger partial charge in [0.15, 0.2) is 0 Å². The Morgan fingerprint density at radius 2 is 1.71 bits per heavy atom. The first-order valence-corrected chi connectivity index (χ1v) is 12.5. The topological polar surface area (TPSA) is 24.5 Å². The van der Waals surface area contributed by atoms with Gasteiger partial charge in [-0.15, -0.1) is 0 Å². The fraction of sp³-hybridized carbons (Fsp3) is 0.462. The third-order valence-corrected chi connectivity index (χ3v) is 7.34. The van der Waals surface area contributed by atoms with E-state index in [0.717, 1.165) is 62.6 Å². The van der Waals surface area contributed by atoms with Crippen LogP contribution in [0.2, 0.25) is 0 Å². The summed E-state index contributed by atoms with van der Waals surface area (Å²) in [6.45, 7) is 4.76. The molecule has 3 aliphatic rings. The number of ether oxygens (including phenoxy) is 1. The van der Waals surface area contributed by atoms with Gasteiger partial charge in [-0.05, 0) is 61.1 Å². The molecule has 1 aliphatic carbocycles. The van der Waals surface area contributed by atoms with Crippen molar-refractivity contribution < 1.29 is 22.3 Å². The van der Waals surface area contributed by atoms with Gasteiger partial charge in [-0.3, -0.25) is 4.72 Å². The number of terminal acetylenes is 1. The summed E-state index contributed by atoms with van der Waals surface area (Å²) >= 11 is 1.59. The van der Waals surface area contributed by atoms with Crippen LogP contribution in [0.4, 0.5) is 17.6 Å². The Hall–Kier alpha value is -2.21. The Balaban J connectivity index is 0.000000620. The lowest BCUT2D eigenvalue weighted by atomic mass is 9.91. The minimum atomic E-state index is -0.846. The van der Waals surface area contributed by atoms with E-state index in [-0.39, 0.29) is 40.6 Å². The highest BCUT2D eigenvalue weighted by Gasteiger charge is 2.59. The molecule has 2 aromatic rings. The number of likely N-dealkylation sites (tertiary alicyclic amines) is 1. The fourth-order valence-corrected chi connectivity index (χ4v) is 5.36. The van der Waals surface area contributed by atoms with Crippen molar-refractivity contribution in [2.45, 2.75) is 44.7 Å². The fourth-order valence-electron chi connectivity index (χ4n) is 4.60. The van der Waals surface area contributed by atoms with Crippen molar-refractivity contribution in [1.82, 2.24) is 9.62 Å². The molecule has 1 saturated carbocycles. The maximum Gasteiger partial charge on any atom is 0.134 e. The molecule has 182 valence electrons. The summed E-state index contributed by atoms with van der Waals surface area (Å²) in [7, 11) is 0. The van der Waals surface area contributed by atoms with Crippen LogP contribution < -0.4 is 4.72 Å². The minimum Gasteiger partial charge on any atom is -0.381 e. The second-order valence-corrected chi connectivity index (χ2v) is 10.1. The first-order valence-electron chi connectivity index (χ1n) is 11.5. The number of nitrogens with one attached hydrogen (secondary N) is 1. The monoisotopic (exact) mass is 492 g/mol. The molecule has 2 heterocycles. The number of nitrogens with zero attached hydrogens (tertiary/aromatic N) is 1. The lowest BCUT2D eigenvalue weighted by Gasteiger charge is -2.27. The van der Waals surface area contributed by atoms with Crippen LogP contribution in [0.15, 0.2) is 30.3 Å². The summed E-state index contributed by atoms with van der Waals surface area (Å²) < 4.78 is 65.2. The van der Waals surface area contributed by atoms with Crippen LogP contribution in [0.3, 0.4) is 0 Å². The van der Waals surface area contributed by atoms with Crippen molar-refractivity contribution in [2.75, 3.05) is 25.5 Å². The zero-order valence-corrected chi connectivity index (χ0v) is 19.9. The predicted octanol–water partition coefficient (Wildman–Crippen LogP) is 5.54. The molecule has 2 saturated heterocycles. The number of rotatable bonds is 6. The zero-order valence-electron chi connectivity index (χ0n) is 19.1. The SMILES string of the molecule is C#CN1CC2(CC2)C(NSCC)C1Cc1cc(F)cc(-c2cc(F)cc(F)c2)c1F.C1COC1. The molecule has 0 bridgehead atoms. The van der Waals surface area contributed by atoms with Gasteiger partial charge in [0.2, 0.25) is 0 Å². The first-order chi connectivity index (χ1) is 16.4. The van der Waals surface area contributed by atoms with Crippen LogP contribution in [0, 0.1) is 41.2 Å². The molecule has 2 aromatic carbocycles. The van der Waals surface area contributed by atoms with Crippen LogP contribution in [-0.2, 0) is 11.2 Å². The van der Waals surface area contributed by atoms with Crippen LogP contribution in [0.1, 0.15) is 31.7 Å². The van der Waals surface area contributed by atoms with Crippen LogP contribution in [0.5, 0.6) is 0 Å². The van der Waals surface area contributed by atoms with Crippen LogP contribution >= 0.6 is 11.9 Å². The molecule has 1 spiro atoms. The van der Waals surface area contributed by atoms with Crippen molar-refractivity contribution in [3.05, 3.63) is 59.2 Å². The van der Waals surface area contributed by atoms with Crippen molar-refractivity contribution in [3.8, 4) is 23.6 Å². The number of benzene rings is 2. The van der Waals surface area contributed by atoms with Gasteiger partial charge in [-0.25, -0.2) is 17.6 Å². The molecule has 0 radical (unpaired) electrons. The average molecular weight is 493 g/mol. The number of halogens is 4. The van der Waals surface area contributed by atoms with Gasteiger partial charge in [0.1, 0.15) is 23.3 Å². The van der Waals surface area contributed by atoms with Crippen molar-refractivity contribution in [2.24, 2.45) is 5.41 Å². The molecule has 3 fully saturated rings. The van der Waals surface area contributed by atoms with Gasteiger partial charge in [0, 0.05) is 54.6 Å². The van der Waals surface area contributed by atoms with Gasteiger partial charge >= 0.3 is 0 Å². The molecule has 3 nitrogen and oxygen atoms in total. The Bertz CT molecular complexity index is 1040. The summed E-state index contributed by atoms with van der Waals surface area (Å²) in [6, 6.07) is 7.34. The van der Waals surface area contributed by atoms with E-state index in [4.69, 9.17) is 11.2 Å². The molecular weight excluding hydrogens is 464 g/mol. The van der Waals surface area contributed by atoms with E-state index in [0.29, 0.717) is 6.07 Å². The van der Waals surface area contributed by atoms with Crippen molar-refractivity contribution >= 4 is 11.9 Å². The molecule has 2 aliphatic heterocycles. The molecule has 8 heteroatoms. The lowest BCUT2D eigenvalue weighted by molar-refractivity contribution is 0.0367. The molecular formula is C26H28F4N2OS.